The van der Waals surface area contributed by atoms with Crippen molar-refractivity contribution < 1.29 is 23.9 Å². The molecule has 1 amide bonds. The quantitative estimate of drug-likeness (QED) is 0.389. The molecule has 0 aliphatic rings. The first-order valence-electron chi connectivity index (χ1n) is 9.14. The van der Waals surface area contributed by atoms with Gasteiger partial charge in [-0.2, -0.15) is 0 Å². The molecule has 3 aromatic rings. The van der Waals surface area contributed by atoms with E-state index in [2.05, 4.69) is 15.5 Å². The third-order valence-electron chi connectivity index (χ3n) is 4.43. The van der Waals surface area contributed by atoms with Gasteiger partial charge in [0.2, 0.25) is 5.91 Å². The standard InChI is InChI=1S/C20H19ClN4O5S2/c1-10-14(18(27)29-3)17(32-15(10)19(28)30-4)22-13(26)9-31-20-24-23-16(25(20)2)11-5-7-12(21)8-6-11/h5-8H,9H2,1-4H3,(H,22,26). The highest BCUT2D eigenvalue weighted by molar-refractivity contribution is 7.99. The Kier molecular flexibility index (Phi) is 7.54. The zero-order chi connectivity index (χ0) is 23.4. The first-order valence-corrected chi connectivity index (χ1v) is 11.3. The Morgan fingerprint density at radius 2 is 1.78 bits per heavy atom. The van der Waals surface area contributed by atoms with Crippen LogP contribution in [0.4, 0.5) is 5.00 Å². The number of benzene rings is 1. The molecule has 0 aliphatic carbocycles. The van der Waals surface area contributed by atoms with Crippen LogP contribution in [0.3, 0.4) is 0 Å². The lowest BCUT2D eigenvalue weighted by molar-refractivity contribution is -0.113. The number of aromatic nitrogens is 3. The second-order valence-corrected chi connectivity index (χ2v) is 8.85. The van der Waals surface area contributed by atoms with E-state index in [0.717, 1.165) is 16.9 Å². The van der Waals surface area contributed by atoms with Crippen molar-refractivity contribution in [2.75, 3.05) is 25.3 Å². The third-order valence-corrected chi connectivity index (χ3v) is 6.89. The second-order valence-electron chi connectivity index (χ2n) is 6.45. The highest BCUT2D eigenvalue weighted by atomic mass is 35.5. The predicted molar refractivity (Wildman–Crippen MR) is 123 cm³/mol. The van der Waals surface area contributed by atoms with Crippen LogP contribution in [0.25, 0.3) is 11.4 Å². The van der Waals surface area contributed by atoms with Crippen molar-refractivity contribution in [3.05, 3.63) is 45.3 Å². The lowest BCUT2D eigenvalue weighted by Gasteiger charge is -2.06. The van der Waals surface area contributed by atoms with Gasteiger partial charge in [-0.3, -0.25) is 4.79 Å². The van der Waals surface area contributed by atoms with Gasteiger partial charge in [0.15, 0.2) is 11.0 Å². The third kappa shape index (κ3) is 4.95. The summed E-state index contributed by atoms with van der Waals surface area (Å²) in [6.45, 7) is 1.59. The van der Waals surface area contributed by atoms with Crippen molar-refractivity contribution >= 4 is 57.5 Å². The largest absolute Gasteiger partial charge is 0.465 e. The minimum atomic E-state index is -0.655. The van der Waals surface area contributed by atoms with Gasteiger partial charge in [-0.05, 0) is 36.8 Å². The fraction of sp³-hybridized carbons (Fsp3) is 0.250. The number of halogens is 1. The molecule has 1 N–H and O–H groups in total. The number of methoxy groups -OCH3 is 2. The number of ether oxygens (including phenoxy) is 2. The molecule has 0 radical (unpaired) electrons. The zero-order valence-electron chi connectivity index (χ0n) is 17.6. The molecule has 0 unspecified atom stereocenters. The first kappa shape index (κ1) is 23.8. The molecule has 9 nitrogen and oxygen atoms in total. The Hall–Kier alpha value is -2.89. The Morgan fingerprint density at radius 1 is 1.12 bits per heavy atom. The molecule has 2 aromatic heterocycles. The minimum Gasteiger partial charge on any atom is -0.465 e. The smallest absolute Gasteiger partial charge is 0.348 e. The molecule has 0 spiro atoms. The lowest BCUT2D eigenvalue weighted by atomic mass is 10.1. The molecule has 0 bridgehead atoms. The number of nitrogens with zero attached hydrogens (tertiary/aromatic N) is 3. The number of hydrogen-bond acceptors (Lipinski definition) is 9. The molecule has 168 valence electrons. The molecule has 2 heterocycles. The fourth-order valence-electron chi connectivity index (χ4n) is 2.82. The van der Waals surface area contributed by atoms with Gasteiger partial charge in [0.1, 0.15) is 9.88 Å². The summed E-state index contributed by atoms with van der Waals surface area (Å²) in [5.41, 5.74) is 1.35. The highest BCUT2D eigenvalue weighted by Gasteiger charge is 2.27. The number of thioether (sulfide) groups is 1. The van der Waals surface area contributed by atoms with E-state index in [-0.39, 0.29) is 27.1 Å². The summed E-state index contributed by atoms with van der Waals surface area (Å²) < 4.78 is 11.3. The highest BCUT2D eigenvalue weighted by Crippen LogP contribution is 2.34. The van der Waals surface area contributed by atoms with E-state index in [0.29, 0.717) is 21.6 Å². The summed E-state index contributed by atoms with van der Waals surface area (Å²) in [7, 11) is 4.27. The Morgan fingerprint density at radius 3 is 2.41 bits per heavy atom. The van der Waals surface area contributed by atoms with Gasteiger partial charge in [-0.25, -0.2) is 9.59 Å². The van der Waals surface area contributed by atoms with E-state index in [1.807, 2.05) is 12.1 Å². The van der Waals surface area contributed by atoms with Crippen molar-refractivity contribution in [1.82, 2.24) is 14.8 Å². The topological polar surface area (TPSA) is 112 Å². The van der Waals surface area contributed by atoms with Gasteiger partial charge in [-0.15, -0.1) is 21.5 Å². The molecule has 0 saturated carbocycles. The van der Waals surface area contributed by atoms with Gasteiger partial charge in [0.25, 0.3) is 0 Å². The molecule has 0 aliphatic heterocycles. The molecule has 32 heavy (non-hydrogen) atoms. The van der Waals surface area contributed by atoms with Crippen LogP contribution in [-0.4, -0.2) is 52.6 Å². The summed E-state index contributed by atoms with van der Waals surface area (Å²) in [6, 6.07) is 7.19. The minimum absolute atomic E-state index is 0.0116. The van der Waals surface area contributed by atoms with Crippen LogP contribution in [0.15, 0.2) is 29.4 Å². The van der Waals surface area contributed by atoms with Gasteiger partial charge >= 0.3 is 11.9 Å². The molecule has 0 atom stereocenters. The van der Waals surface area contributed by atoms with Gasteiger partial charge in [-0.1, -0.05) is 23.4 Å². The Bertz CT molecular complexity index is 1170. The Balaban J connectivity index is 1.74. The average Bonchev–Trinajstić information content (AvgIpc) is 3.31. The number of hydrogen-bond donors (Lipinski definition) is 1. The molecule has 3 rings (SSSR count). The maximum atomic E-state index is 12.6. The SMILES string of the molecule is COC(=O)c1sc(NC(=O)CSc2nnc(-c3ccc(Cl)cc3)n2C)c(C(=O)OC)c1C. The van der Waals surface area contributed by atoms with Crippen LogP contribution in [0, 0.1) is 6.92 Å². The van der Waals surface area contributed by atoms with Gasteiger partial charge < -0.3 is 19.4 Å². The van der Waals surface area contributed by atoms with E-state index < -0.39 is 11.9 Å². The number of thiophene rings is 1. The number of anilines is 1. The van der Waals surface area contributed by atoms with E-state index in [1.54, 1.807) is 30.7 Å². The summed E-state index contributed by atoms with van der Waals surface area (Å²) in [6.07, 6.45) is 0. The number of carbonyl (C=O) groups is 3. The van der Waals surface area contributed by atoms with Gasteiger partial charge in [0, 0.05) is 17.6 Å². The number of amides is 1. The van der Waals surface area contributed by atoms with Crippen LogP contribution in [-0.2, 0) is 21.3 Å². The monoisotopic (exact) mass is 494 g/mol. The maximum absolute atomic E-state index is 12.6. The number of carbonyl (C=O) groups excluding carboxylic acids is 3. The second kappa shape index (κ2) is 10.2. The van der Waals surface area contributed by atoms with Crippen LogP contribution >= 0.6 is 34.7 Å². The summed E-state index contributed by atoms with van der Waals surface area (Å²) in [5, 5.41) is 12.4. The lowest BCUT2D eigenvalue weighted by Crippen LogP contribution is -2.16. The van der Waals surface area contributed by atoms with Crippen LogP contribution < -0.4 is 5.32 Å². The van der Waals surface area contributed by atoms with E-state index in [1.165, 1.54) is 26.0 Å². The molecular formula is C20H19ClN4O5S2. The Labute approximate surface area is 197 Å². The van der Waals surface area contributed by atoms with E-state index in [4.69, 9.17) is 21.1 Å². The average molecular weight is 495 g/mol. The molecule has 0 saturated heterocycles. The van der Waals surface area contributed by atoms with Crippen LogP contribution in [0.5, 0.6) is 0 Å². The molecule has 0 fully saturated rings. The van der Waals surface area contributed by atoms with Crippen molar-refractivity contribution in [1.29, 1.82) is 0 Å². The molecular weight excluding hydrogens is 476 g/mol. The first-order chi connectivity index (χ1) is 15.3. The van der Waals surface area contributed by atoms with Crippen LogP contribution in [0.1, 0.15) is 25.6 Å². The summed E-state index contributed by atoms with van der Waals surface area (Å²) in [5.74, 6) is -0.986. The van der Waals surface area contributed by atoms with Crippen molar-refractivity contribution in [3.63, 3.8) is 0 Å². The summed E-state index contributed by atoms with van der Waals surface area (Å²) in [4.78, 5) is 37.0. The predicted octanol–water partition coefficient (Wildman–Crippen LogP) is 3.81. The maximum Gasteiger partial charge on any atom is 0.348 e. The zero-order valence-corrected chi connectivity index (χ0v) is 20.0. The van der Waals surface area contributed by atoms with Gasteiger partial charge in [0.05, 0.1) is 25.5 Å². The number of esters is 2. The fourth-order valence-corrected chi connectivity index (χ4v) is 4.79. The summed E-state index contributed by atoms with van der Waals surface area (Å²) >= 11 is 8.07. The van der Waals surface area contributed by atoms with E-state index in [9.17, 15) is 14.4 Å². The number of rotatable bonds is 7. The van der Waals surface area contributed by atoms with Crippen LogP contribution in [0.2, 0.25) is 5.02 Å². The van der Waals surface area contributed by atoms with E-state index >= 15 is 0 Å². The molecule has 1 aromatic carbocycles. The molecule has 12 heteroatoms. The number of nitrogens with one attached hydrogen (secondary N) is 1. The van der Waals surface area contributed by atoms with Crippen molar-refractivity contribution in [2.45, 2.75) is 12.1 Å². The normalized spacial score (nSPS) is 10.7. The van der Waals surface area contributed by atoms with Crippen molar-refractivity contribution in [2.24, 2.45) is 7.05 Å². The van der Waals surface area contributed by atoms with Crippen molar-refractivity contribution in [3.8, 4) is 11.4 Å².